The largest absolute Gasteiger partial charge is 0.497 e. The summed E-state index contributed by atoms with van der Waals surface area (Å²) in [7, 11) is 1.61. The molecule has 0 fully saturated rings. The maximum Gasteiger partial charge on any atom is 0.326 e. The molecule has 94 valence electrons. The lowest BCUT2D eigenvalue weighted by molar-refractivity contribution is -0.138. The summed E-state index contributed by atoms with van der Waals surface area (Å²) in [6.07, 6.45) is 0.906. The SMILES string of the molecule is CCCN(c1ccc(OC)cc1)[C@@H](C)C(=O)O. The van der Waals surface area contributed by atoms with E-state index < -0.39 is 12.0 Å². The molecule has 4 nitrogen and oxygen atoms in total. The first-order valence-corrected chi connectivity index (χ1v) is 5.73. The second kappa shape index (κ2) is 6.13. The fraction of sp³-hybridized carbons (Fsp3) is 0.462. The van der Waals surface area contributed by atoms with Gasteiger partial charge in [0.25, 0.3) is 0 Å². The van der Waals surface area contributed by atoms with Crippen LogP contribution in [0.1, 0.15) is 20.3 Å². The van der Waals surface area contributed by atoms with Crippen molar-refractivity contribution in [3.8, 4) is 5.75 Å². The van der Waals surface area contributed by atoms with E-state index in [9.17, 15) is 4.79 Å². The third-order valence-corrected chi connectivity index (χ3v) is 2.69. The van der Waals surface area contributed by atoms with E-state index in [-0.39, 0.29) is 0 Å². The zero-order valence-electron chi connectivity index (χ0n) is 10.5. The van der Waals surface area contributed by atoms with Gasteiger partial charge in [-0.05, 0) is 37.6 Å². The Kier molecular flexibility index (Phi) is 4.82. The number of ether oxygens (including phenoxy) is 1. The van der Waals surface area contributed by atoms with Crippen LogP contribution in [-0.4, -0.2) is 30.8 Å². The lowest BCUT2D eigenvalue weighted by atomic mass is 10.2. The monoisotopic (exact) mass is 237 g/mol. The van der Waals surface area contributed by atoms with Gasteiger partial charge in [0, 0.05) is 12.2 Å². The van der Waals surface area contributed by atoms with E-state index in [0.29, 0.717) is 0 Å². The van der Waals surface area contributed by atoms with Gasteiger partial charge in [0.2, 0.25) is 0 Å². The van der Waals surface area contributed by atoms with E-state index in [1.807, 2.05) is 36.1 Å². The van der Waals surface area contributed by atoms with Crippen LogP contribution in [0.15, 0.2) is 24.3 Å². The van der Waals surface area contributed by atoms with Gasteiger partial charge in [0.1, 0.15) is 11.8 Å². The van der Waals surface area contributed by atoms with Crippen molar-refractivity contribution in [3.05, 3.63) is 24.3 Å². The minimum absolute atomic E-state index is 0.525. The van der Waals surface area contributed by atoms with Crippen molar-refractivity contribution in [2.24, 2.45) is 0 Å². The molecule has 0 aliphatic carbocycles. The van der Waals surface area contributed by atoms with Crippen LogP contribution in [0, 0.1) is 0 Å². The molecule has 0 aliphatic heterocycles. The van der Waals surface area contributed by atoms with Crippen molar-refractivity contribution in [1.82, 2.24) is 0 Å². The second-order valence-electron chi connectivity index (χ2n) is 3.91. The summed E-state index contributed by atoms with van der Waals surface area (Å²) in [5.41, 5.74) is 0.905. The predicted octanol–water partition coefficient (Wildman–Crippen LogP) is 2.38. The summed E-state index contributed by atoms with van der Waals surface area (Å²) >= 11 is 0. The number of hydrogen-bond donors (Lipinski definition) is 1. The summed E-state index contributed by atoms with van der Waals surface area (Å²) in [6.45, 7) is 4.45. The number of benzene rings is 1. The Morgan fingerprint density at radius 2 is 2.00 bits per heavy atom. The van der Waals surface area contributed by atoms with Crippen molar-refractivity contribution in [1.29, 1.82) is 0 Å². The van der Waals surface area contributed by atoms with E-state index in [1.54, 1.807) is 14.0 Å². The van der Waals surface area contributed by atoms with Crippen LogP contribution in [0.5, 0.6) is 5.75 Å². The van der Waals surface area contributed by atoms with Crippen LogP contribution in [-0.2, 0) is 4.79 Å². The molecule has 0 bridgehead atoms. The first-order chi connectivity index (χ1) is 8.10. The molecule has 0 saturated heterocycles. The summed E-state index contributed by atoms with van der Waals surface area (Å²) < 4.78 is 5.08. The molecule has 1 rings (SSSR count). The predicted molar refractivity (Wildman–Crippen MR) is 67.7 cm³/mol. The molecule has 1 N–H and O–H groups in total. The number of carboxylic acid groups (broad SMARTS) is 1. The summed E-state index contributed by atoms with van der Waals surface area (Å²) in [6, 6.07) is 6.92. The van der Waals surface area contributed by atoms with E-state index >= 15 is 0 Å². The Labute approximate surface area is 102 Å². The average Bonchev–Trinajstić information content (AvgIpc) is 2.35. The van der Waals surface area contributed by atoms with E-state index in [4.69, 9.17) is 9.84 Å². The zero-order valence-corrected chi connectivity index (χ0v) is 10.5. The highest BCUT2D eigenvalue weighted by molar-refractivity contribution is 5.77. The Morgan fingerprint density at radius 3 is 2.41 bits per heavy atom. The van der Waals surface area contributed by atoms with Gasteiger partial charge >= 0.3 is 5.97 Å². The minimum Gasteiger partial charge on any atom is -0.497 e. The molecule has 0 radical (unpaired) electrons. The van der Waals surface area contributed by atoms with Gasteiger partial charge in [-0.3, -0.25) is 0 Å². The van der Waals surface area contributed by atoms with Crippen LogP contribution in [0.25, 0.3) is 0 Å². The summed E-state index contributed by atoms with van der Waals surface area (Å²) in [5, 5.41) is 9.07. The molecule has 4 heteroatoms. The van der Waals surface area contributed by atoms with Gasteiger partial charge in [0.15, 0.2) is 0 Å². The molecule has 0 aromatic heterocycles. The van der Waals surface area contributed by atoms with Crippen molar-refractivity contribution in [3.63, 3.8) is 0 Å². The fourth-order valence-corrected chi connectivity index (χ4v) is 1.69. The van der Waals surface area contributed by atoms with Crippen molar-refractivity contribution < 1.29 is 14.6 Å². The highest BCUT2D eigenvalue weighted by atomic mass is 16.5. The van der Waals surface area contributed by atoms with Gasteiger partial charge < -0.3 is 14.7 Å². The number of carboxylic acids is 1. The number of anilines is 1. The molecule has 1 aromatic rings. The Bertz CT molecular complexity index is 361. The van der Waals surface area contributed by atoms with Crippen molar-refractivity contribution >= 4 is 11.7 Å². The Morgan fingerprint density at radius 1 is 1.41 bits per heavy atom. The number of rotatable bonds is 6. The van der Waals surface area contributed by atoms with Gasteiger partial charge in [0.05, 0.1) is 7.11 Å². The standard InChI is InChI=1S/C13H19NO3/c1-4-9-14(10(2)13(15)16)11-5-7-12(17-3)8-6-11/h5-8,10H,4,9H2,1-3H3,(H,15,16)/t10-/m0/s1. The Hall–Kier alpha value is -1.71. The number of methoxy groups -OCH3 is 1. The van der Waals surface area contributed by atoms with Crippen molar-refractivity contribution in [2.75, 3.05) is 18.6 Å². The van der Waals surface area contributed by atoms with Crippen LogP contribution in [0.2, 0.25) is 0 Å². The second-order valence-corrected chi connectivity index (χ2v) is 3.91. The van der Waals surface area contributed by atoms with Crippen molar-refractivity contribution in [2.45, 2.75) is 26.3 Å². The maximum atomic E-state index is 11.0. The molecule has 0 spiro atoms. The molecular formula is C13H19NO3. The van der Waals surface area contributed by atoms with E-state index in [2.05, 4.69) is 0 Å². The summed E-state index contributed by atoms with van der Waals surface area (Å²) in [5.74, 6) is -0.0394. The quantitative estimate of drug-likeness (QED) is 0.825. The van der Waals surface area contributed by atoms with E-state index in [1.165, 1.54) is 0 Å². The molecule has 0 aliphatic rings. The van der Waals surface area contributed by atoms with Gasteiger partial charge in [-0.1, -0.05) is 6.92 Å². The van der Waals surface area contributed by atoms with Crippen LogP contribution < -0.4 is 9.64 Å². The van der Waals surface area contributed by atoms with Gasteiger partial charge in [-0.2, -0.15) is 0 Å². The highest BCUT2D eigenvalue weighted by Crippen LogP contribution is 2.21. The van der Waals surface area contributed by atoms with Crippen LogP contribution >= 0.6 is 0 Å². The smallest absolute Gasteiger partial charge is 0.326 e. The summed E-state index contributed by atoms with van der Waals surface area (Å²) in [4.78, 5) is 12.9. The van der Waals surface area contributed by atoms with E-state index in [0.717, 1.165) is 24.4 Å². The molecular weight excluding hydrogens is 218 g/mol. The topological polar surface area (TPSA) is 49.8 Å². The zero-order chi connectivity index (χ0) is 12.8. The molecule has 17 heavy (non-hydrogen) atoms. The molecule has 0 unspecified atom stereocenters. The molecule has 1 atom stereocenters. The number of carbonyl (C=O) groups is 1. The Balaban J connectivity index is 2.92. The number of nitrogens with zero attached hydrogens (tertiary/aromatic N) is 1. The fourth-order valence-electron chi connectivity index (χ4n) is 1.69. The first kappa shape index (κ1) is 13.4. The maximum absolute atomic E-state index is 11.0. The normalized spacial score (nSPS) is 11.9. The lowest BCUT2D eigenvalue weighted by Gasteiger charge is -2.28. The highest BCUT2D eigenvalue weighted by Gasteiger charge is 2.20. The van der Waals surface area contributed by atoms with Crippen LogP contribution in [0.3, 0.4) is 0 Å². The molecule has 1 aromatic carbocycles. The number of hydrogen-bond acceptors (Lipinski definition) is 3. The molecule has 0 saturated carbocycles. The third kappa shape index (κ3) is 3.37. The minimum atomic E-state index is -0.811. The third-order valence-electron chi connectivity index (χ3n) is 2.69. The first-order valence-electron chi connectivity index (χ1n) is 5.73. The molecule has 0 heterocycles. The molecule has 0 amide bonds. The average molecular weight is 237 g/mol. The lowest BCUT2D eigenvalue weighted by Crippen LogP contribution is -2.39. The number of aliphatic carboxylic acids is 1. The van der Waals surface area contributed by atoms with Gasteiger partial charge in [-0.25, -0.2) is 4.79 Å². The van der Waals surface area contributed by atoms with Crippen LogP contribution in [0.4, 0.5) is 5.69 Å². The van der Waals surface area contributed by atoms with Gasteiger partial charge in [-0.15, -0.1) is 0 Å².